The van der Waals surface area contributed by atoms with Gasteiger partial charge in [0, 0.05) is 10.0 Å². The van der Waals surface area contributed by atoms with Gasteiger partial charge in [0.2, 0.25) is 0 Å². The van der Waals surface area contributed by atoms with E-state index in [1.54, 1.807) is 6.92 Å². The van der Waals surface area contributed by atoms with Crippen LogP contribution in [-0.2, 0) is 0 Å². The van der Waals surface area contributed by atoms with Crippen LogP contribution in [0.25, 0.3) is 5.70 Å². The van der Waals surface area contributed by atoms with Gasteiger partial charge in [-0.05, 0) is 43.2 Å². The lowest BCUT2D eigenvalue weighted by molar-refractivity contribution is 1.36. The summed E-state index contributed by atoms with van der Waals surface area (Å²) in [5.74, 6) is 0. The van der Waals surface area contributed by atoms with Crippen LogP contribution in [0, 0.1) is 18.3 Å². The summed E-state index contributed by atoms with van der Waals surface area (Å²) in [6, 6.07) is 7.91. The average molecular weight is 251 g/mol. The summed E-state index contributed by atoms with van der Waals surface area (Å²) in [4.78, 5) is 0. The predicted molar refractivity (Wildman–Crippen MR) is 61.3 cm³/mol. The lowest BCUT2D eigenvalue weighted by atomic mass is 10.1. The Morgan fingerprint density at radius 1 is 1.43 bits per heavy atom. The van der Waals surface area contributed by atoms with Gasteiger partial charge in [0.15, 0.2) is 0 Å². The van der Waals surface area contributed by atoms with Crippen LogP contribution in [0.2, 0.25) is 0 Å². The zero-order valence-electron chi connectivity index (χ0n) is 8.13. The number of nitrogens with zero attached hydrogens (tertiary/aromatic N) is 1. The van der Waals surface area contributed by atoms with E-state index in [4.69, 9.17) is 11.0 Å². The molecule has 2 N–H and O–H groups in total. The molecule has 0 saturated heterocycles. The van der Waals surface area contributed by atoms with Crippen LogP contribution in [-0.4, -0.2) is 0 Å². The molecule has 0 unspecified atom stereocenters. The van der Waals surface area contributed by atoms with Gasteiger partial charge in [-0.15, -0.1) is 0 Å². The van der Waals surface area contributed by atoms with E-state index in [1.807, 2.05) is 31.2 Å². The van der Waals surface area contributed by atoms with E-state index < -0.39 is 0 Å². The number of nitriles is 1. The van der Waals surface area contributed by atoms with E-state index in [-0.39, 0.29) is 0 Å². The molecule has 0 saturated carbocycles. The minimum Gasteiger partial charge on any atom is -0.397 e. The Labute approximate surface area is 92.2 Å². The molecule has 0 aromatic heterocycles. The Balaban J connectivity index is 3.28. The molecular formula is C11H11BrN2. The molecule has 0 amide bonds. The lowest BCUT2D eigenvalue weighted by Gasteiger charge is -2.05. The van der Waals surface area contributed by atoms with Gasteiger partial charge in [-0.2, -0.15) is 5.26 Å². The van der Waals surface area contributed by atoms with Crippen molar-refractivity contribution in [3.05, 3.63) is 39.4 Å². The molecule has 0 aliphatic carbocycles. The van der Waals surface area contributed by atoms with Crippen molar-refractivity contribution in [1.82, 2.24) is 0 Å². The van der Waals surface area contributed by atoms with Gasteiger partial charge in [0.25, 0.3) is 0 Å². The van der Waals surface area contributed by atoms with Crippen LogP contribution in [0.15, 0.2) is 28.2 Å². The first-order chi connectivity index (χ1) is 6.54. The fourth-order valence-electron chi connectivity index (χ4n) is 1.17. The third-order valence-corrected chi connectivity index (χ3v) is 2.38. The topological polar surface area (TPSA) is 49.8 Å². The molecular weight excluding hydrogens is 240 g/mol. The second-order valence-corrected chi connectivity index (χ2v) is 4.08. The molecule has 0 spiro atoms. The zero-order valence-corrected chi connectivity index (χ0v) is 9.72. The van der Waals surface area contributed by atoms with Crippen LogP contribution in [0.1, 0.15) is 18.1 Å². The summed E-state index contributed by atoms with van der Waals surface area (Å²) in [6.07, 6.45) is 0. The minimum atomic E-state index is 0.539. The Morgan fingerprint density at radius 2 is 2.07 bits per heavy atom. The van der Waals surface area contributed by atoms with Gasteiger partial charge in [-0.1, -0.05) is 15.9 Å². The summed E-state index contributed by atoms with van der Waals surface area (Å²) >= 11 is 3.39. The number of halogens is 1. The Hall–Kier alpha value is -1.27. The third-order valence-electron chi connectivity index (χ3n) is 1.92. The van der Waals surface area contributed by atoms with Gasteiger partial charge in [0.05, 0.1) is 11.8 Å². The summed E-state index contributed by atoms with van der Waals surface area (Å²) < 4.78 is 0.973. The highest BCUT2D eigenvalue weighted by atomic mass is 79.9. The number of aryl methyl sites for hydroxylation is 1. The average Bonchev–Trinajstić information content (AvgIpc) is 2.14. The van der Waals surface area contributed by atoms with Crippen molar-refractivity contribution < 1.29 is 0 Å². The van der Waals surface area contributed by atoms with Crippen molar-refractivity contribution in [2.45, 2.75) is 13.8 Å². The van der Waals surface area contributed by atoms with Gasteiger partial charge in [0.1, 0.15) is 0 Å². The zero-order chi connectivity index (χ0) is 10.7. The highest BCUT2D eigenvalue weighted by molar-refractivity contribution is 9.10. The number of benzene rings is 1. The smallest absolute Gasteiger partial charge is 0.0965 e. The van der Waals surface area contributed by atoms with Crippen molar-refractivity contribution in [3.63, 3.8) is 0 Å². The number of rotatable bonds is 1. The molecule has 0 atom stereocenters. The number of hydrogen-bond donors (Lipinski definition) is 1. The molecule has 1 rings (SSSR count). The largest absolute Gasteiger partial charge is 0.397 e. The first-order valence-electron chi connectivity index (χ1n) is 4.18. The molecule has 0 heterocycles. The molecule has 0 aliphatic rings. The van der Waals surface area contributed by atoms with Crippen LogP contribution < -0.4 is 5.73 Å². The molecule has 2 nitrogen and oxygen atoms in total. The summed E-state index contributed by atoms with van der Waals surface area (Å²) in [6.45, 7) is 3.70. The summed E-state index contributed by atoms with van der Waals surface area (Å²) in [7, 11) is 0. The normalized spacial score (nSPS) is 11.9. The Bertz CT molecular complexity index is 407. The summed E-state index contributed by atoms with van der Waals surface area (Å²) in [5.41, 5.74) is 8.90. The number of allylic oxidation sites excluding steroid dienone is 1. The minimum absolute atomic E-state index is 0.539. The monoisotopic (exact) mass is 250 g/mol. The maximum absolute atomic E-state index is 8.71. The Kier molecular flexibility index (Phi) is 3.32. The van der Waals surface area contributed by atoms with Gasteiger partial charge in [-0.25, -0.2) is 0 Å². The highest BCUT2D eigenvalue weighted by Gasteiger charge is 2.02. The van der Waals surface area contributed by atoms with E-state index in [0.717, 1.165) is 15.6 Å². The molecule has 1 aromatic carbocycles. The highest BCUT2D eigenvalue weighted by Crippen LogP contribution is 2.20. The van der Waals surface area contributed by atoms with E-state index in [2.05, 4.69) is 15.9 Å². The molecule has 1 aromatic rings. The Morgan fingerprint density at radius 3 is 2.57 bits per heavy atom. The maximum Gasteiger partial charge on any atom is 0.0965 e. The molecule has 0 fully saturated rings. The number of hydrogen-bond acceptors (Lipinski definition) is 2. The maximum atomic E-state index is 8.71. The SMILES string of the molecule is C/C(C#N)=C(/N)c1cc(C)cc(Br)c1. The molecule has 72 valence electrons. The van der Waals surface area contributed by atoms with Crippen molar-refractivity contribution in [2.75, 3.05) is 0 Å². The quantitative estimate of drug-likeness (QED) is 0.780. The summed E-state index contributed by atoms with van der Waals surface area (Å²) in [5, 5.41) is 8.71. The molecule has 0 aliphatic heterocycles. The van der Waals surface area contributed by atoms with Gasteiger partial charge in [-0.3, -0.25) is 0 Å². The number of nitrogens with two attached hydrogens (primary N) is 1. The standard InChI is InChI=1S/C11H11BrN2/c1-7-3-9(5-10(12)4-7)11(14)8(2)6-13/h3-5H,14H2,1-2H3/b11-8-. The second-order valence-electron chi connectivity index (χ2n) is 3.17. The van der Waals surface area contributed by atoms with Crippen molar-refractivity contribution in [2.24, 2.45) is 5.73 Å². The van der Waals surface area contributed by atoms with Gasteiger partial charge >= 0.3 is 0 Å². The fourth-order valence-corrected chi connectivity index (χ4v) is 1.78. The molecule has 3 heteroatoms. The van der Waals surface area contributed by atoms with E-state index in [1.165, 1.54) is 0 Å². The molecule has 0 bridgehead atoms. The first-order valence-corrected chi connectivity index (χ1v) is 4.98. The molecule has 14 heavy (non-hydrogen) atoms. The second kappa shape index (κ2) is 4.30. The van der Waals surface area contributed by atoms with Gasteiger partial charge < -0.3 is 5.73 Å². The van der Waals surface area contributed by atoms with Crippen LogP contribution in [0.4, 0.5) is 0 Å². The van der Waals surface area contributed by atoms with E-state index >= 15 is 0 Å². The van der Waals surface area contributed by atoms with Crippen LogP contribution >= 0.6 is 15.9 Å². The first kappa shape index (κ1) is 10.8. The van der Waals surface area contributed by atoms with Crippen molar-refractivity contribution in [1.29, 1.82) is 5.26 Å². The fraction of sp³-hybridized carbons (Fsp3) is 0.182. The van der Waals surface area contributed by atoms with Crippen molar-refractivity contribution >= 4 is 21.6 Å². The lowest BCUT2D eigenvalue weighted by Crippen LogP contribution is -1.99. The third kappa shape index (κ3) is 2.36. The van der Waals surface area contributed by atoms with E-state index in [0.29, 0.717) is 11.3 Å². The van der Waals surface area contributed by atoms with E-state index in [9.17, 15) is 0 Å². The predicted octanol–water partition coefficient (Wildman–Crippen LogP) is 2.97. The van der Waals surface area contributed by atoms with Crippen LogP contribution in [0.3, 0.4) is 0 Å². The van der Waals surface area contributed by atoms with Crippen molar-refractivity contribution in [3.8, 4) is 6.07 Å². The van der Waals surface area contributed by atoms with Crippen LogP contribution in [0.5, 0.6) is 0 Å². The molecule has 0 radical (unpaired) electrons.